The van der Waals surface area contributed by atoms with Crippen molar-refractivity contribution in [3.8, 4) is 0 Å². The molecule has 0 aromatic heterocycles. The van der Waals surface area contributed by atoms with Crippen LogP contribution in [0.2, 0.25) is 0 Å². The van der Waals surface area contributed by atoms with Crippen LogP contribution >= 0.6 is 0 Å². The van der Waals surface area contributed by atoms with Gasteiger partial charge in [-0.15, -0.1) is 0 Å². The molecule has 0 unspecified atom stereocenters. The van der Waals surface area contributed by atoms with E-state index in [4.69, 9.17) is 9.47 Å². The first-order valence-electron chi connectivity index (χ1n) is 9.55. The molecule has 0 amide bonds. The van der Waals surface area contributed by atoms with Crippen molar-refractivity contribution >= 4 is 6.16 Å². The van der Waals surface area contributed by atoms with E-state index in [1.54, 1.807) is 0 Å². The van der Waals surface area contributed by atoms with Gasteiger partial charge in [0.05, 0.1) is 0 Å². The molecule has 0 aromatic carbocycles. The van der Waals surface area contributed by atoms with Crippen LogP contribution in [0.25, 0.3) is 0 Å². The van der Waals surface area contributed by atoms with Crippen molar-refractivity contribution in [2.24, 2.45) is 0 Å². The molecule has 0 spiro atoms. The topological polar surface area (TPSA) is 35.5 Å². The summed E-state index contributed by atoms with van der Waals surface area (Å²) in [5, 5.41) is 0. The third-order valence-corrected chi connectivity index (χ3v) is 4.04. The Balaban J connectivity index is 4.27. The SMILES string of the molecule is CCCCC(CCCC)OC(=O)OC(CCCC)CCCC. The molecule has 3 heteroatoms. The van der Waals surface area contributed by atoms with E-state index in [9.17, 15) is 4.79 Å². The number of ether oxygens (including phenoxy) is 2. The lowest BCUT2D eigenvalue weighted by molar-refractivity contribution is -0.0117. The maximum absolute atomic E-state index is 12.1. The third-order valence-electron chi connectivity index (χ3n) is 4.04. The van der Waals surface area contributed by atoms with Crippen LogP contribution in [0.1, 0.15) is 105 Å². The molecular weight excluding hydrogens is 276 g/mol. The Morgan fingerprint density at radius 1 is 0.636 bits per heavy atom. The van der Waals surface area contributed by atoms with Crippen molar-refractivity contribution in [2.45, 2.75) is 117 Å². The van der Waals surface area contributed by atoms with E-state index < -0.39 is 6.16 Å². The molecule has 0 aliphatic heterocycles. The molecule has 3 nitrogen and oxygen atoms in total. The van der Waals surface area contributed by atoms with Gasteiger partial charge in [-0.25, -0.2) is 4.79 Å². The van der Waals surface area contributed by atoms with E-state index in [1.807, 2.05) is 0 Å². The zero-order valence-corrected chi connectivity index (χ0v) is 15.4. The minimum atomic E-state index is -0.450. The fourth-order valence-electron chi connectivity index (χ4n) is 2.55. The molecule has 132 valence electrons. The van der Waals surface area contributed by atoms with Crippen LogP contribution in [0.4, 0.5) is 4.79 Å². The van der Waals surface area contributed by atoms with Gasteiger partial charge in [-0.1, -0.05) is 79.1 Å². The fraction of sp³-hybridized carbons (Fsp3) is 0.947. The van der Waals surface area contributed by atoms with Crippen LogP contribution in [-0.4, -0.2) is 18.4 Å². The molecule has 0 aliphatic carbocycles. The first kappa shape index (κ1) is 21.3. The molecule has 0 saturated heterocycles. The summed E-state index contributed by atoms with van der Waals surface area (Å²) in [6.45, 7) is 8.67. The molecule has 0 fully saturated rings. The maximum Gasteiger partial charge on any atom is 0.508 e. The normalized spacial score (nSPS) is 11.2. The van der Waals surface area contributed by atoms with Gasteiger partial charge in [0.1, 0.15) is 12.2 Å². The monoisotopic (exact) mass is 314 g/mol. The van der Waals surface area contributed by atoms with Gasteiger partial charge in [-0.2, -0.15) is 0 Å². The van der Waals surface area contributed by atoms with Gasteiger partial charge >= 0.3 is 6.16 Å². The molecule has 0 bridgehead atoms. The van der Waals surface area contributed by atoms with Crippen molar-refractivity contribution in [2.75, 3.05) is 0 Å². The van der Waals surface area contributed by atoms with Crippen molar-refractivity contribution in [3.05, 3.63) is 0 Å². The molecule has 0 heterocycles. The Bertz CT molecular complexity index is 213. The minimum absolute atomic E-state index is 0.0328. The number of rotatable bonds is 14. The fourth-order valence-corrected chi connectivity index (χ4v) is 2.55. The van der Waals surface area contributed by atoms with Crippen LogP contribution in [0.15, 0.2) is 0 Å². The molecule has 0 aromatic rings. The predicted octanol–water partition coefficient (Wildman–Crippen LogP) is 6.64. The highest BCUT2D eigenvalue weighted by atomic mass is 16.7. The number of hydrogen-bond acceptors (Lipinski definition) is 3. The highest BCUT2D eigenvalue weighted by molar-refractivity contribution is 5.60. The summed E-state index contributed by atoms with van der Waals surface area (Å²) in [6, 6.07) is 0. The van der Waals surface area contributed by atoms with Crippen molar-refractivity contribution in [1.82, 2.24) is 0 Å². The second kappa shape index (κ2) is 15.2. The third kappa shape index (κ3) is 11.9. The number of unbranched alkanes of at least 4 members (excludes halogenated alkanes) is 4. The molecule has 0 rings (SSSR count). The van der Waals surface area contributed by atoms with Gasteiger partial charge in [0, 0.05) is 0 Å². The summed E-state index contributed by atoms with van der Waals surface area (Å²) in [5.41, 5.74) is 0. The Labute approximate surface area is 138 Å². The van der Waals surface area contributed by atoms with Gasteiger partial charge in [0.15, 0.2) is 0 Å². The Morgan fingerprint density at radius 2 is 0.909 bits per heavy atom. The summed E-state index contributed by atoms with van der Waals surface area (Å²) in [6.07, 6.45) is 12.4. The van der Waals surface area contributed by atoms with Crippen LogP contribution < -0.4 is 0 Å². The van der Waals surface area contributed by atoms with Crippen LogP contribution in [0.5, 0.6) is 0 Å². The van der Waals surface area contributed by atoms with Crippen LogP contribution in [-0.2, 0) is 9.47 Å². The summed E-state index contributed by atoms with van der Waals surface area (Å²) >= 11 is 0. The van der Waals surface area contributed by atoms with E-state index in [0.717, 1.165) is 77.0 Å². The summed E-state index contributed by atoms with van der Waals surface area (Å²) < 4.78 is 11.2. The van der Waals surface area contributed by atoms with Crippen molar-refractivity contribution in [1.29, 1.82) is 0 Å². The lowest BCUT2D eigenvalue weighted by Crippen LogP contribution is -2.24. The average Bonchev–Trinajstić information content (AvgIpc) is 2.52. The first-order valence-corrected chi connectivity index (χ1v) is 9.55. The van der Waals surface area contributed by atoms with E-state index in [-0.39, 0.29) is 12.2 Å². The second-order valence-corrected chi connectivity index (χ2v) is 6.30. The maximum atomic E-state index is 12.1. The Morgan fingerprint density at radius 3 is 1.14 bits per heavy atom. The molecule has 22 heavy (non-hydrogen) atoms. The van der Waals surface area contributed by atoms with E-state index in [0.29, 0.717) is 0 Å². The summed E-state index contributed by atoms with van der Waals surface area (Å²) in [5.74, 6) is 0. The lowest BCUT2D eigenvalue weighted by atomic mass is 10.1. The molecule has 0 aliphatic rings. The van der Waals surface area contributed by atoms with Gasteiger partial charge in [0.25, 0.3) is 0 Å². The number of hydrogen-bond donors (Lipinski definition) is 0. The van der Waals surface area contributed by atoms with Crippen LogP contribution in [0, 0.1) is 0 Å². The Kier molecular flexibility index (Phi) is 14.7. The largest absolute Gasteiger partial charge is 0.508 e. The molecule has 0 N–H and O–H groups in total. The summed E-state index contributed by atoms with van der Waals surface area (Å²) in [7, 11) is 0. The second-order valence-electron chi connectivity index (χ2n) is 6.30. The van der Waals surface area contributed by atoms with E-state index >= 15 is 0 Å². The molecule has 0 atom stereocenters. The van der Waals surface area contributed by atoms with E-state index in [2.05, 4.69) is 27.7 Å². The highest BCUT2D eigenvalue weighted by Gasteiger charge is 2.19. The minimum Gasteiger partial charge on any atom is -0.431 e. The molecular formula is C19H38O3. The summed E-state index contributed by atoms with van der Waals surface area (Å²) in [4.78, 5) is 12.1. The number of carbonyl (C=O) groups excluding carboxylic acids is 1. The lowest BCUT2D eigenvalue weighted by Gasteiger charge is -2.21. The highest BCUT2D eigenvalue weighted by Crippen LogP contribution is 2.17. The zero-order chi connectivity index (χ0) is 16.6. The van der Waals surface area contributed by atoms with Crippen molar-refractivity contribution < 1.29 is 14.3 Å². The average molecular weight is 315 g/mol. The molecule has 0 radical (unpaired) electrons. The zero-order valence-electron chi connectivity index (χ0n) is 15.4. The number of carbonyl (C=O) groups is 1. The van der Waals surface area contributed by atoms with Gasteiger partial charge in [0.2, 0.25) is 0 Å². The van der Waals surface area contributed by atoms with Gasteiger partial charge in [-0.3, -0.25) is 0 Å². The molecule has 0 saturated carbocycles. The predicted molar refractivity (Wildman–Crippen MR) is 93.2 cm³/mol. The standard InChI is InChI=1S/C19H38O3/c1-5-9-13-17(14-10-6-2)21-19(20)22-18(15-11-7-3)16-12-8-4/h17-18H,5-16H2,1-4H3. The van der Waals surface area contributed by atoms with E-state index in [1.165, 1.54) is 0 Å². The van der Waals surface area contributed by atoms with Crippen molar-refractivity contribution in [3.63, 3.8) is 0 Å². The first-order chi connectivity index (χ1) is 10.7. The van der Waals surface area contributed by atoms with Crippen LogP contribution in [0.3, 0.4) is 0 Å². The van der Waals surface area contributed by atoms with Gasteiger partial charge in [-0.05, 0) is 25.7 Å². The van der Waals surface area contributed by atoms with Gasteiger partial charge < -0.3 is 9.47 Å². The quantitative estimate of drug-likeness (QED) is 0.337. The smallest absolute Gasteiger partial charge is 0.431 e. The Hall–Kier alpha value is -0.730.